The lowest BCUT2D eigenvalue weighted by Gasteiger charge is -2.22. The van der Waals surface area contributed by atoms with Crippen LogP contribution >= 0.6 is 0 Å². The van der Waals surface area contributed by atoms with Crippen molar-refractivity contribution in [3.63, 3.8) is 0 Å². The minimum absolute atomic E-state index is 0.0283. The van der Waals surface area contributed by atoms with Gasteiger partial charge < -0.3 is 24.4 Å². The number of carbonyl (C=O) groups is 2. The SMILES string of the molecule is CCOc1ccccc1N1C[C@H](C(=O)N(C)Cc2ccc(OC)c(O)c2)CC1=O. The molecule has 1 heterocycles. The predicted octanol–water partition coefficient (Wildman–Crippen LogP) is 2.81. The van der Waals surface area contributed by atoms with Crippen LogP contribution in [0, 0.1) is 5.92 Å². The first-order chi connectivity index (χ1) is 13.9. The third-order valence-corrected chi connectivity index (χ3v) is 4.97. The van der Waals surface area contributed by atoms with E-state index in [4.69, 9.17) is 9.47 Å². The fraction of sp³-hybridized carbons (Fsp3) is 0.364. The molecule has 1 N–H and O–H groups in total. The Hall–Kier alpha value is -3.22. The van der Waals surface area contributed by atoms with E-state index < -0.39 is 5.92 Å². The van der Waals surface area contributed by atoms with Crippen LogP contribution in [0.5, 0.6) is 17.2 Å². The monoisotopic (exact) mass is 398 g/mol. The fourth-order valence-corrected chi connectivity index (χ4v) is 3.56. The van der Waals surface area contributed by atoms with Crippen LogP contribution in [-0.2, 0) is 16.1 Å². The summed E-state index contributed by atoms with van der Waals surface area (Å²) in [5.74, 6) is 0.428. The number of hydrogen-bond acceptors (Lipinski definition) is 5. The van der Waals surface area contributed by atoms with Crippen molar-refractivity contribution in [1.29, 1.82) is 0 Å². The lowest BCUT2D eigenvalue weighted by Crippen LogP contribution is -2.34. The standard InChI is InChI=1S/C22H26N2O5/c1-4-29-19-8-6-5-7-17(19)24-14-16(12-21(24)26)22(27)23(2)13-15-9-10-20(28-3)18(25)11-15/h5-11,16,25H,4,12-14H2,1-3H3/t16-/m1/s1. The Labute approximate surface area is 170 Å². The quantitative estimate of drug-likeness (QED) is 0.776. The number of aromatic hydroxyl groups is 1. The average Bonchev–Trinajstić information content (AvgIpc) is 3.09. The van der Waals surface area contributed by atoms with Gasteiger partial charge in [0.2, 0.25) is 11.8 Å². The summed E-state index contributed by atoms with van der Waals surface area (Å²) in [6, 6.07) is 12.4. The summed E-state index contributed by atoms with van der Waals surface area (Å²) in [5.41, 5.74) is 1.47. The first-order valence-corrected chi connectivity index (χ1v) is 9.57. The zero-order valence-corrected chi connectivity index (χ0v) is 16.9. The average molecular weight is 398 g/mol. The van der Waals surface area contributed by atoms with E-state index in [1.54, 1.807) is 35.0 Å². The van der Waals surface area contributed by atoms with E-state index in [1.807, 2.05) is 31.2 Å². The van der Waals surface area contributed by atoms with E-state index in [2.05, 4.69) is 0 Å². The topological polar surface area (TPSA) is 79.3 Å². The van der Waals surface area contributed by atoms with Crippen LogP contribution in [0.15, 0.2) is 42.5 Å². The molecule has 0 unspecified atom stereocenters. The molecular formula is C22H26N2O5. The molecule has 1 fully saturated rings. The van der Waals surface area contributed by atoms with Crippen molar-refractivity contribution >= 4 is 17.5 Å². The summed E-state index contributed by atoms with van der Waals surface area (Å²) in [6.45, 7) is 3.04. The number of phenolic OH excluding ortho intramolecular Hbond substituents is 1. The van der Waals surface area contributed by atoms with Crippen LogP contribution in [0.25, 0.3) is 0 Å². The second-order valence-corrected chi connectivity index (χ2v) is 7.01. The van der Waals surface area contributed by atoms with Gasteiger partial charge in [-0.3, -0.25) is 9.59 Å². The third-order valence-electron chi connectivity index (χ3n) is 4.97. The van der Waals surface area contributed by atoms with Gasteiger partial charge in [-0.1, -0.05) is 18.2 Å². The van der Waals surface area contributed by atoms with E-state index in [9.17, 15) is 14.7 Å². The van der Waals surface area contributed by atoms with Gasteiger partial charge in [0.1, 0.15) is 5.75 Å². The van der Waals surface area contributed by atoms with Gasteiger partial charge in [-0.05, 0) is 36.8 Å². The summed E-state index contributed by atoms with van der Waals surface area (Å²) in [5, 5.41) is 9.93. The molecule has 0 aliphatic carbocycles. The summed E-state index contributed by atoms with van der Waals surface area (Å²) >= 11 is 0. The number of carbonyl (C=O) groups excluding carboxylic acids is 2. The molecule has 154 valence electrons. The van der Waals surface area contributed by atoms with E-state index in [-0.39, 0.29) is 24.0 Å². The summed E-state index contributed by atoms with van der Waals surface area (Å²) in [4.78, 5) is 28.7. The molecule has 29 heavy (non-hydrogen) atoms. The highest BCUT2D eigenvalue weighted by molar-refractivity contribution is 6.01. The van der Waals surface area contributed by atoms with Crippen LogP contribution in [0.3, 0.4) is 0 Å². The Morgan fingerprint density at radius 1 is 1.24 bits per heavy atom. The molecule has 2 amide bonds. The van der Waals surface area contributed by atoms with Gasteiger partial charge in [0.05, 0.1) is 25.3 Å². The second-order valence-electron chi connectivity index (χ2n) is 7.01. The molecule has 1 atom stereocenters. The molecule has 0 bridgehead atoms. The molecule has 0 aromatic heterocycles. The number of para-hydroxylation sites is 2. The Morgan fingerprint density at radius 3 is 2.69 bits per heavy atom. The zero-order chi connectivity index (χ0) is 21.0. The fourth-order valence-electron chi connectivity index (χ4n) is 3.56. The van der Waals surface area contributed by atoms with Gasteiger partial charge >= 0.3 is 0 Å². The molecule has 0 radical (unpaired) electrons. The maximum Gasteiger partial charge on any atom is 0.228 e. The number of benzene rings is 2. The molecule has 3 rings (SSSR count). The maximum absolute atomic E-state index is 12.9. The molecule has 2 aromatic carbocycles. The van der Waals surface area contributed by atoms with Crippen molar-refractivity contribution in [3.05, 3.63) is 48.0 Å². The Kier molecular flexibility index (Phi) is 6.26. The molecular weight excluding hydrogens is 372 g/mol. The number of nitrogens with zero attached hydrogens (tertiary/aromatic N) is 2. The Balaban J connectivity index is 1.69. The number of ether oxygens (including phenoxy) is 2. The molecule has 0 spiro atoms. The van der Waals surface area contributed by atoms with Gasteiger partial charge in [0, 0.05) is 26.6 Å². The zero-order valence-electron chi connectivity index (χ0n) is 16.9. The summed E-state index contributed by atoms with van der Waals surface area (Å²) < 4.78 is 10.7. The normalized spacial score (nSPS) is 16.0. The van der Waals surface area contributed by atoms with Crippen LogP contribution < -0.4 is 14.4 Å². The Bertz CT molecular complexity index is 899. The number of hydrogen-bond donors (Lipinski definition) is 1. The van der Waals surface area contributed by atoms with E-state index in [0.29, 0.717) is 36.9 Å². The first kappa shape index (κ1) is 20.5. The van der Waals surface area contributed by atoms with E-state index in [1.165, 1.54) is 7.11 Å². The smallest absolute Gasteiger partial charge is 0.228 e. The molecule has 1 aliphatic heterocycles. The molecule has 7 heteroatoms. The minimum atomic E-state index is -0.422. The highest BCUT2D eigenvalue weighted by Gasteiger charge is 2.37. The molecule has 1 aliphatic rings. The molecule has 7 nitrogen and oxygen atoms in total. The van der Waals surface area contributed by atoms with Gasteiger partial charge in [-0.15, -0.1) is 0 Å². The lowest BCUT2D eigenvalue weighted by molar-refractivity contribution is -0.135. The maximum atomic E-state index is 12.9. The van der Waals surface area contributed by atoms with Crippen molar-refractivity contribution < 1.29 is 24.2 Å². The van der Waals surface area contributed by atoms with Gasteiger partial charge in [0.25, 0.3) is 0 Å². The van der Waals surface area contributed by atoms with Crippen molar-refractivity contribution in [3.8, 4) is 17.2 Å². The lowest BCUT2D eigenvalue weighted by atomic mass is 10.1. The summed E-state index contributed by atoms with van der Waals surface area (Å²) in [6.07, 6.45) is 0.164. The van der Waals surface area contributed by atoms with Crippen molar-refractivity contribution in [2.75, 3.05) is 32.2 Å². The van der Waals surface area contributed by atoms with Gasteiger partial charge in [-0.25, -0.2) is 0 Å². The van der Waals surface area contributed by atoms with Crippen LogP contribution in [0.2, 0.25) is 0 Å². The van der Waals surface area contributed by atoms with Crippen molar-refractivity contribution in [2.45, 2.75) is 19.9 Å². The number of anilines is 1. The minimum Gasteiger partial charge on any atom is -0.504 e. The number of amides is 2. The number of phenols is 1. The predicted molar refractivity (Wildman–Crippen MR) is 109 cm³/mol. The highest BCUT2D eigenvalue weighted by Crippen LogP contribution is 2.34. The number of rotatable bonds is 7. The van der Waals surface area contributed by atoms with Gasteiger partial charge in [-0.2, -0.15) is 0 Å². The molecule has 0 saturated carbocycles. The van der Waals surface area contributed by atoms with Gasteiger partial charge in [0.15, 0.2) is 11.5 Å². The second kappa shape index (κ2) is 8.86. The third kappa shape index (κ3) is 4.45. The summed E-state index contributed by atoms with van der Waals surface area (Å²) in [7, 11) is 3.18. The largest absolute Gasteiger partial charge is 0.504 e. The molecule has 1 saturated heterocycles. The Morgan fingerprint density at radius 2 is 2.00 bits per heavy atom. The van der Waals surface area contributed by atoms with E-state index in [0.717, 1.165) is 5.56 Å². The van der Waals surface area contributed by atoms with Crippen molar-refractivity contribution in [2.24, 2.45) is 5.92 Å². The number of methoxy groups -OCH3 is 1. The molecule has 2 aromatic rings. The van der Waals surface area contributed by atoms with Crippen LogP contribution in [-0.4, -0.2) is 49.1 Å². The first-order valence-electron chi connectivity index (χ1n) is 9.57. The van der Waals surface area contributed by atoms with Crippen LogP contribution in [0.4, 0.5) is 5.69 Å². The van der Waals surface area contributed by atoms with Crippen molar-refractivity contribution in [1.82, 2.24) is 4.90 Å². The van der Waals surface area contributed by atoms with Crippen LogP contribution in [0.1, 0.15) is 18.9 Å². The highest BCUT2D eigenvalue weighted by atomic mass is 16.5. The van der Waals surface area contributed by atoms with E-state index >= 15 is 0 Å².